The molecule has 0 saturated carbocycles. The number of hydrogen-bond donors (Lipinski definition) is 1. The molecule has 0 bridgehead atoms. The molecule has 0 radical (unpaired) electrons. The topological polar surface area (TPSA) is 29.1 Å². The molecule has 1 atom stereocenters. The van der Waals surface area contributed by atoms with Crippen LogP contribution in [0.5, 0.6) is 0 Å². The Morgan fingerprint density at radius 2 is 1.85 bits per heavy atom. The number of amides is 1. The van der Waals surface area contributed by atoms with Gasteiger partial charge < -0.3 is 5.32 Å². The average molecular weight is 292 g/mol. The van der Waals surface area contributed by atoms with Gasteiger partial charge >= 0.3 is 0 Å². The molecule has 0 aliphatic carbocycles. The van der Waals surface area contributed by atoms with E-state index in [9.17, 15) is 9.18 Å². The molecule has 0 heterocycles. The summed E-state index contributed by atoms with van der Waals surface area (Å²) in [6, 6.07) is 11.5. The van der Waals surface area contributed by atoms with Crippen molar-refractivity contribution in [2.45, 2.75) is 19.9 Å². The van der Waals surface area contributed by atoms with Gasteiger partial charge in [0.25, 0.3) is 5.91 Å². The first-order valence-electron chi connectivity index (χ1n) is 6.30. The highest BCUT2D eigenvalue weighted by molar-refractivity contribution is 6.30. The van der Waals surface area contributed by atoms with Crippen LogP contribution in [0, 0.1) is 12.7 Å². The van der Waals surface area contributed by atoms with E-state index in [4.69, 9.17) is 11.6 Å². The third-order valence-corrected chi connectivity index (χ3v) is 3.40. The van der Waals surface area contributed by atoms with Crippen LogP contribution in [0.3, 0.4) is 0 Å². The van der Waals surface area contributed by atoms with Crippen molar-refractivity contribution in [3.8, 4) is 0 Å². The molecule has 2 aromatic rings. The number of rotatable bonds is 3. The highest BCUT2D eigenvalue weighted by atomic mass is 35.5. The molecule has 0 saturated heterocycles. The minimum Gasteiger partial charge on any atom is -0.346 e. The Labute approximate surface area is 122 Å². The van der Waals surface area contributed by atoms with Gasteiger partial charge in [0.15, 0.2) is 0 Å². The molecular weight excluding hydrogens is 277 g/mol. The van der Waals surface area contributed by atoms with Gasteiger partial charge in [0, 0.05) is 10.6 Å². The monoisotopic (exact) mass is 291 g/mol. The van der Waals surface area contributed by atoms with E-state index >= 15 is 0 Å². The van der Waals surface area contributed by atoms with Crippen molar-refractivity contribution >= 4 is 17.5 Å². The molecule has 0 fully saturated rings. The van der Waals surface area contributed by atoms with Crippen LogP contribution in [-0.2, 0) is 0 Å². The standard InChI is InChI=1S/C16H15ClFNO/c1-10-3-4-13(9-15(10)18)16(20)19-11(2)12-5-7-14(17)8-6-12/h3-9,11H,1-2H3,(H,19,20)/t11-/m0/s1. The Morgan fingerprint density at radius 1 is 1.20 bits per heavy atom. The highest BCUT2D eigenvalue weighted by Crippen LogP contribution is 2.17. The molecule has 0 aliphatic rings. The van der Waals surface area contributed by atoms with Crippen LogP contribution in [0.2, 0.25) is 5.02 Å². The number of carbonyl (C=O) groups excluding carboxylic acids is 1. The quantitative estimate of drug-likeness (QED) is 0.898. The second kappa shape index (κ2) is 6.06. The van der Waals surface area contributed by atoms with Crippen molar-refractivity contribution in [1.29, 1.82) is 0 Å². The lowest BCUT2D eigenvalue weighted by atomic mass is 10.1. The van der Waals surface area contributed by atoms with E-state index in [1.54, 1.807) is 31.2 Å². The van der Waals surface area contributed by atoms with Gasteiger partial charge in [-0.3, -0.25) is 4.79 Å². The first-order valence-corrected chi connectivity index (χ1v) is 6.67. The lowest BCUT2D eigenvalue weighted by Crippen LogP contribution is -2.26. The van der Waals surface area contributed by atoms with Crippen molar-refractivity contribution < 1.29 is 9.18 Å². The second-order valence-electron chi connectivity index (χ2n) is 4.71. The van der Waals surface area contributed by atoms with Gasteiger partial charge in [-0.2, -0.15) is 0 Å². The van der Waals surface area contributed by atoms with Gasteiger partial charge in [0.2, 0.25) is 0 Å². The zero-order chi connectivity index (χ0) is 14.7. The zero-order valence-electron chi connectivity index (χ0n) is 11.3. The van der Waals surface area contributed by atoms with Crippen LogP contribution in [0.4, 0.5) is 4.39 Å². The van der Waals surface area contributed by atoms with Crippen molar-refractivity contribution in [3.63, 3.8) is 0 Å². The van der Waals surface area contributed by atoms with E-state index in [1.165, 1.54) is 6.07 Å². The Kier molecular flexibility index (Phi) is 4.40. The summed E-state index contributed by atoms with van der Waals surface area (Å²) in [5, 5.41) is 3.48. The minimum atomic E-state index is -0.378. The maximum atomic E-state index is 13.4. The third kappa shape index (κ3) is 3.36. The summed E-state index contributed by atoms with van der Waals surface area (Å²) in [4.78, 5) is 12.1. The smallest absolute Gasteiger partial charge is 0.251 e. The lowest BCUT2D eigenvalue weighted by molar-refractivity contribution is 0.0939. The Balaban J connectivity index is 2.10. The second-order valence-corrected chi connectivity index (χ2v) is 5.15. The van der Waals surface area contributed by atoms with Crippen LogP contribution >= 0.6 is 11.6 Å². The number of aryl methyl sites for hydroxylation is 1. The molecule has 0 unspecified atom stereocenters. The summed E-state index contributed by atoms with van der Waals surface area (Å²) < 4.78 is 13.4. The first-order chi connectivity index (χ1) is 9.47. The Hall–Kier alpha value is -1.87. The highest BCUT2D eigenvalue weighted by Gasteiger charge is 2.12. The van der Waals surface area contributed by atoms with E-state index in [2.05, 4.69) is 5.32 Å². The number of nitrogens with one attached hydrogen (secondary N) is 1. The van der Waals surface area contributed by atoms with E-state index in [1.807, 2.05) is 19.1 Å². The summed E-state index contributed by atoms with van der Waals surface area (Å²) in [6.45, 7) is 3.53. The molecule has 1 amide bonds. The molecule has 0 aliphatic heterocycles. The minimum absolute atomic E-state index is 0.177. The van der Waals surface area contributed by atoms with Crippen LogP contribution < -0.4 is 5.32 Å². The normalized spacial score (nSPS) is 12.0. The summed E-state index contributed by atoms with van der Waals surface area (Å²) in [5.74, 6) is -0.678. The lowest BCUT2D eigenvalue weighted by Gasteiger charge is -2.14. The van der Waals surface area contributed by atoms with Gasteiger partial charge in [0.05, 0.1) is 6.04 Å². The SMILES string of the molecule is Cc1ccc(C(=O)N[C@@H](C)c2ccc(Cl)cc2)cc1F. The molecule has 4 heteroatoms. The molecule has 2 nitrogen and oxygen atoms in total. The van der Waals surface area contributed by atoms with Crippen molar-refractivity contribution in [1.82, 2.24) is 5.32 Å². The molecule has 104 valence electrons. The average Bonchev–Trinajstić information content (AvgIpc) is 2.42. The van der Waals surface area contributed by atoms with Gasteiger partial charge in [0.1, 0.15) is 5.82 Å². The summed E-state index contributed by atoms with van der Waals surface area (Å²) in [5.41, 5.74) is 1.77. The molecule has 0 spiro atoms. The molecule has 20 heavy (non-hydrogen) atoms. The van der Waals surface area contributed by atoms with Crippen molar-refractivity contribution in [2.75, 3.05) is 0 Å². The third-order valence-electron chi connectivity index (χ3n) is 3.15. The van der Waals surface area contributed by atoms with Gasteiger partial charge in [-0.25, -0.2) is 4.39 Å². The maximum absolute atomic E-state index is 13.4. The summed E-state index contributed by atoms with van der Waals surface area (Å²) in [6.07, 6.45) is 0. The van der Waals surface area contributed by atoms with E-state index in [-0.39, 0.29) is 17.8 Å². The molecule has 2 aromatic carbocycles. The fraction of sp³-hybridized carbons (Fsp3) is 0.188. The van der Waals surface area contributed by atoms with Crippen molar-refractivity contribution in [3.05, 3.63) is 70.0 Å². The predicted molar refractivity (Wildman–Crippen MR) is 78.5 cm³/mol. The summed E-state index contributed by atoms with van der Waals surface area (Å²) in [7, 11) is 0. The first kappa shape index (κ1) is 14.5. The Bertz CT molecular complexity index is 625. The number of carbonyl (C=O) groups is 1. The molecular formula is C16H15ClFNO. The Morgan fingerprint density at radius 3 is 2.45 bits per heavy atom. The fourth-order valence-corrected chi connectivity index (χ4v) is 1.97. The molecule has 1 N–H and O–H groups in total. The van der Waals surface area contributed by atoms with Crippen LogP contribution in [0.25, 0.3) is 0 Å². The molecule has 2 rings (SSSR count). The number of halogens is 2. The maximum Gasteiger partial charge on any atom is 0.251 e. The van der Waals surface area contributed by atoms with E-state index < -0.39 is 0 Å². The number of hydrogen-bond acceptors (Lipinski definition) is 1. The number of benzene rings is 2. The largest absolute Gasteiger partial charge is 0.346 e. The zero-order valence-corrected chi connectivity index (χ0v) is 12.0. The van der Waals surface area contributed by atoms with Crippen molar-refractivity contribution in [2.24, 2.45) is 0 Å². The predicted octanol–water partition coefficient (Wildman–Crippen LogP) is 4.28. The van der Waals surface area contributed by atoms with Crippen LogP contribution in [0.15, 0.2) is 42.5 Å². The van der Waals surface area contributed by atoms with Crippen LogP contribution in [-0.4, -0.2) is 5.91 Å². The molecule has 0 aromatic heterocycles. The fourth-order valence-electron chi connectivity index (χ4n) is 1.85. The summed E-state index contributed by atoms with van der Waals surface area (Å²) >= 11 is 5.82. The van der Waals surface area contributed by atoms with Gasteiger partial charge in [-0.15, -0.1) is 0 Å². The van der Waals surface area contributed by atoms with Gasteiger partial charge in [-0.1, -0.05) is 29.8 Å². The van der Waals surface area contributed by atoms with E-state index in [0.29, 0.717) is 16.1 Å². The van der Waals surface area contributed by atoms with Crippen LogP contribution in [0.1, 0.15) is 34.5 Å². The van der Waals surface area contributed by atoms with Gasteiger partial charge in [-0.05, 0) is 49.2 Å². The van der Waals surface area contributed by atoms with E-state index in [0.717, 1.165) is 5.56 Å².